The lowest BCUT2D eigenvalue weighted by Crippen LogP contribution is -2.31. The minimum atomic E-state index is -1.03. The molecule has 1 aromatic carbocycles. The quantitative estimate of drug-likeness (QED) is 0.771. The van der Waals surface area contributed by atoms with Gasteiger partial charge in [-0.1, -0.05) is 30.3 Å². The summed E-state index contributed by atoms with van der Waals surface area (Å²) in [7, 11) is 0. The summed E-state index contributed by atoms with van der Waals surface area (Å²) in [5.74, 6) is -0.863. The predicted octanol–water partition coefficient (Wildman–Crippen LogP) is 1.83. The Labute approximate surface area is 82.1 Å². The van der Waals surface area contributed by atoms with Crippen molar-refractivity contribution in [1.29, 1.82) is 0 Å². The molecule has 1 heterocycles. The van der Waals surface area contributed by atoms with Gasteiger partial charge in [0.1, 0.15) is 0 Å². The van der Waals surface area contributed by atoms with Gasteiger partial charge in [-0.05, 0) is 18.4 Å². The first-order chi connectivity index (χ1) is 6.76. The van der Waals surface area contributed by atoms with E-state index in [4.69, 9.17) is 0 Å². The van der Waals surface area contributed by atoms with Crippen molar-refractivity contribution in [3.05, 3.63) is 35.9 Å². The number of carboxylic acid groups (broad SMARTS) is 1. The van der Waals surface area contributed by atoms with E-state index in [2.05, 4.69) is 4.99 Å². The van der Waals surface area contributed by atoms with Gasteiger partial charge in [0, 0.05) is 6.21 Å². The number of hydrogen-bond donors (Lipinski definition) is 1. The summed E-state index contributed by atoms with van der Waals surface area (Å²) in [6.07, 6.45) is 2.99. The molecule has 1 atom stereocenters. The molecule has 0 aromatic heterocycles. The predicted molar refractivity (Wildman–Crippen MR) is 53.5 cm³/mol. The second-order valence-electron chi connectivity index (χ2n) is 3.38. The molecule has 1 aliphatic rings. The van der Waals surface area contributed by atoms with Crippen LogP contribution in [-0.2, 0) is 10.3 Å². The molecular weight excluding hydrogens is 178 g/mol. The van der Waals surface area contributed by atoms with Crippen molar-refractivity contribution in [2.75, 3.05) is 0 Å². The number of aliphatic carboxylic acids is 1. The van der Waals surface area contributed by atoms with Crippen molar-refractivity contribution >= 4 is 12.2 Å². The number of aliphatic imine (C=N–C) groups is 1. The first-order valence-electron chi connectivity index (χ1n) is 4.58. The molecule has 0 saturated heterocycles. The van der Waals surface area contributed by atoms with E-state index in [0.29, 0.717) is 6.42 Å². The van der Waals surface area contributed by atoms with Gasteiger partial charge in [-0.25, -0.2) is 4.79 Å². The standard InChI is InChI=1S/C11H11NO2/c13-10(14)11(7-4-8-12-11)9-5-2-1-3-6-9/h1-3,5-6,8H,4,7H2,(H,13,14). The molecule has 0 bridgehead atoms. The Morgan fingerprint density at radius 1 is 1.36 bits per heavy atom. The van der Waals surface area contributed by atoms with Gasteiger partial charge in [0.2, 0.25) is 0 Å². The number of nitrogens with zero attached hydrogens (tertiary/aromatic N) is 1. The van der Waals surface area contributed by atoms with Crippen LogP contribution in [0, 0.1) is 0 Å². The summed E-state index contributed by atoms with van der Waals surface area (Å²) < 4.78 is 0. The number of hydrogen-bond acceptors (Lipinski definition) is 2. The second kappa shape index (κ2) is 3.25. The summed E-state index contributed by atoms with van der Waals surface area (Å²) in [4.78, 5) is 15.3. The van der Waals surface area contributed by atoms with Crippen molar-refractivity contribution in [2.24, 2.45) is 4.99 Å². The van der Waals surface area contributed by atoms with Crippen molar-refractivity contribution in [3.63, 3.8) is 0 Å². The largest absolute Gasteiger partial charge is 0.479 e. The second-order valence-corrected chi connectivity index (χ2v) is 3.38. The Morgan fingerprint density at radius 2 is 2.07 bits per heavy atom. The highest BCUT2D eigenvalue weighted by atomic mass is 16.4. The van der Waals surface area contributed by atoms with Crippen molar-refractivity contribution in [2.45, 2.75) is 18.4 Å². The van der Waals surface area contributed by atoms with Crippen LogP contribution in [0.5, 0.6) is 0 Å². The highest BCUT2D eigenvalue weighted by Gasteiger charge is 2.41. The average Bonchev–Trinajstić information content (AvgIpc) is 2.69. The van der Waals surface area contributed by atoms with Crippen LogP contribution in [-0.4, -0.2) is 17.3 Å². The monoisotopic (exact) mass is 189 g/mol. The van der Waals surface area contributed by atoms with Crippen LogP contribution in [0.2, 0.25) is 0 Å². The van der Waals surface area contributed by atoms with E-state index >= 15 is 0 Å². The Morgan fingerprint density at radius 3 is 2.57 bits per heavy atom. The molecule has 14 heavy (non-hydrogen) atoms. The number of rotatable bonds is 2. The maximum Gasteiger partial charge on any atom is 0.336 e. The zero-order valence-electron chi connectivity index (χ0n) is 7.68. The maximum atomic E-state index is 11.2. The molecule has 2 rings (SSSR count). The topological polar surface area (TPSA) is 49.7 Å². The summed E-state index contributed by atoms with van der Waals surface area (Å²) >= 11 is 0. The zero-order chi connectivity index (χ0) is 10.0. The first-order valence-corrected chi connectivity index (χ1v) is 4.58. The summed E-state index contributed by atoms with van der Waals surface area (Å²) in [6, 6.07) is 9.19. The SMILES string of the molecule is O=C(O)C1(c2ccccc2)CCC=N1. The van der Waals surface area contributed by atoms with Crippen molar-refractivity contribution < 1.29 is 9.90 Å². The Bertz CT molecular complexity index is 372. The molecule has 0 radical (unpaired) electrons. The molecule has 1 N–H and O–H groups in total. The van der Waals surface area contributed by atoms with Crippen LogP contribution in [0.15, 0.2) is 35.3 Å². The number of carbonyl (C=O) groups is 1. The highest BCUT2D eigenvalue weighted by Crippen LogP contribution is 2.34. The van der Waals surface area contributed by atoms with Crippen LogP contribution in [0.1, 0.15) is 18.4 Å². The van der Waals surface area contributed by atoms with Crippen LogP contribution in [0.3, 0.4) is 0 Å². The van der Waals surface area contributed by atoms with E-state index in [1.165, 1.54) is 0 Å². The van der Waals surface area contributed by atoms with E-state index in [-0.39, 0.29) is 0 Å². The van der Waals surface area contributed by atoms with Gasteiger partial charge < -0.3 is 5.11 Å². The van der Waals surface area contributed by atoms with Gasteiger partial charge in [-0.2, -0.15) is 0 Å². The van der Waals surface area contributed by atoms with Crippen LogP contribution >= 0.6 is 0 Å². The lowest BCUT2D eigenvalue weighted by Gasteiger charge is -2.21. The van der Waals surface area contributed by atoms with Gasteiger partial charge in [-0.15, -0.1) is 0 Å². The molecule has 0 saturated carbocycles. The molecule has 3 nitrogen and oxygen atoms in total. The van der Waals surface area contributed by atoms with Crippen LogP contribution in [0.25, 0.3) is 0 Å². The molecule has 0 fully saturated rings. The Balaban J connectivity index is 2.47. The fourth-order valence-corrected chi connectivity index (χ4v) is 1.78. The van der Waals surface area contributed by atoms with E-state index in [0.717, 1.165) is 12.0 Å². The van der Waals surface area contributed by atoms with Crippen LogP contribution in [0.4, 0.5) is 0 Å². The van der Waals surface area contributed by atoms with E-state index in [1.54, 1.807) is 6.21 Å². The summed E-state index contributed by atoms with van der Waals surface area (Å²) in [5.41, 5.74) is -0.261. The molecule has 1 aromatic rings. The number of benzene rings is 1. The van der Waals surface area contributed by atoms with Crippen LogP contribution < -0.4 is 0 Å². The van der Waals surface area contributed by atoms with E-state index < -0.39 is 11.5 Å². The van der Waals surface area contributed by atoms with E-state index in [1.807, 2.05) is 30.3 Å². The first kappa shape index (κ1) is 8.94. The molecule has 1 aliphatic heterocycles. The van der Waals surface area contributed by atoms with Gasteiger partial charge >= 0.3 is 5.97 Å². The molecule has 1 unspecified atom stereocenters. The fourth-order valence-electron chi connectivity index (χ4n) is 1.78. The van der Waals surface area contributed by atoms with Gasteiger partial charge in [0.05, 0.1) is 0 Å². The molecule has 72 valence electrons. The lowest BCUT2D eigenvalue weighted by molar-refractivity contribution is -0.143. The van der Waals surface area contributed by atoms with Gasteiger partial charge in [0.15, 0.2) is 5.54 Å². The van der Waals surface area contributed by atoms with Gasteiger partial charge in [0.25, 0.3) is 0 Å². The minimum absolute atomic E-state index is 0.562. The maximum absolute atomic E-state index is 11.2. The third-order valence-corrected chi connectivity index (χ3v) is 2.55. The van der Waals surface area contributed by atoms with Crippen molar-refractivity contribution in [3.8, 4) is 0 Å². The highest BCUT2D eigenvalue weighted by molar-refractivity contribution is 5.85. The summed E-state index contributed by atoms with van der Waals surface area (Å²) in [5, 5.41) is 9.20. The lowest BCUT2D eigenvalue weighted by atomic mass is 9.88. The third-order valence-electron chi connectivity index (χ3n) is 2.55. The van der Waals surface area contributed by atoms with Crippen molar-refractivity contribution in [1.82, 2.24) is 0 Å². The van der Waals surface area contributed by atoms with Gasteiger partial charge in [-0.3, -0.25) is 4.99 Å². The number of carboxylic acids is 1. The fraction of sp³-hybridized carbons (Fsp3) is 0.273. The summed E-state index contributed by atoms with van der Waals surface area (Å²) in [6.45, 7) is 0. The Hall–Kier alpha value is -1.64. The average molecular weight is 189 g/mol. The smallest absolute Gasteiger partial charge is 0.336 e. The normalized spacial score (nSPS) is 25.1. The third kappa shape index (κ3) is 1.21. The van der Waals surface area contributed by atoms with E-state index in [9.17, 15) is 9.90 Å². The Kier molecular flexibility index (Phi) is 2.08. The molecule has 3 heteroatoms. The molecule has 0 aliphatic carbocycles. The molecule has 0 amide bonds. The minimum Gasteiger partial charge on any atom is -0.479 e. The zero-order valence-corrected chi connectivity index (χ0v) is 7.68. The molecular formula is C11H11NO2. The molecule has 0 spiro atoms.